The number of hydrogen-bond acceptors (Lipinski definition) is 4. The zero-order chi connectivity index (χ0) is 20.8. The molecular formula is C23H29ClN2O3. The molecule has 29 heavy (non-hydrogen) atoms. The van der Waals surface area contributed by atoms with Gasteiger partial charge >= 0.3 is 0 Å². The third kappa shape index (κ3) is 5.22. The highest BCUT2D eigenvalue weighted by Gasteiger charge is 2.25. The van der Waals surface area contributed by atoms with Gasteiger partial charge in [0.15, 0.2) is 0 Å². The second kappa shape index (κ2) is 9.99. The lowest BCUT2D eigenvalue weighted by Gasteiger charge is -2.38. The van der Waals surface area contributed by atoms with Gasteiger partial charge in [-0.05, 0) is 48.7 Å². The number of ether oxygens (including phenoxy) is 2. The minimum Gasteiger partial charge on any atom is -0.497 e. The van der Waals surface area contributed by atoms with Gasteiger partial charge in [-0.1, -0.05) is 29.8 Å². The van der Waals surface area contributed by atoms with Crippen molar-refractivity contribution in [2.24, 2.45) is 0 Å². The minimum absolute atomic E-state index is 0.180. The number of carbonyl (C=O) groups excluding carboxylic acids is 1. The molecule has 0 spiro atoms. The highest BCUT2D eigenvalue weighted by atomic mass is 35.5. The molecule has 1 amide bonds. The van der Waals surface area contributed by atoms with Gasteiger partial charge < -0.3 is 14.4 Å². The van der Waals surface area contributed by atoms with E-state index in [0.29, 0.717) is 12.8 Å². The zero-order valence-electron chi connectivity index (χ0n) is 17.4. The summed E-state index contributed by atoms with van der Waals surface area (Å²) in [4.78, 5) is 17.1. The molecule has 2 aromatic carbocycles. The molecule has 1 unspecified atom stereocenters. The third-order valence-electron chi connectivity index (χ3n) is 5.67. The molecule has 1 saturated heterocycles. The van der Waals surface area contributed by atoms with Crippen molar-refractivity contribution in [3.05, 3.63) is 58.6 Å². The van der Waals surface area contributed by atoms with Gasteiger partial charge in [-0.3, -0.25) is 9.69 Å². The number of amides is 1. The molecule has 0 saturated carbocycles. The number of aryl methyl sites for hydroxylation is 1. The van der Waals surface area contributed by atoms with Crippen LogP contribution in [0.25, 0.3) is 0 Å². The van der Waals surface area contributed by atoms with Gasteiger partial charge in [-0.2, -0.15) is 0 Å². The van der Waals surface area contributed by atoms with Crippen molar-refractivity contribution in [2.75, 3.05) is 40.4 Å². The Labute approximate surface area is 178 Å². The summed E-state index contributed by atoms with van der Waals surface area (Å²) >= 11 is 6.35. The van der Waals surface area contributed by atoms with Gasteiger partial charge in [-0.15, -0.1) is 0 Å². The standard InChI is InChI=1S/C23H29ClN2O3/c1-17(20-6-4-5-7-21(20)24)25-12-14-26(15-13-25)23(27)11-8-18-16-19(28-2)9-10-22(18)29-3/h4-7,9-10,16-17H,8,11-15H2,1-3H3. The number of carbonyl (C=O) groups is 1. The predicted molar refractivity (Wildman–Crippen MR) is 116 cm³/mol. The van der Waals surface area contributed by atoms with Crippen LogP contribution < -0.4 is 9.47 Å². The predicted octanol–water partition coefficient (Wildman–Crippen LogP) is 4.20. The SMILES string of the molecule is COc1ccc(OC)c(CCC(=O)N2CCN(C(C)c3ccccc3Cl)CC2)c1. The van der Waals surface area contributed by atoms with Gasteiger partial charge in [0, 0.05) is 43.7 Å². The zero-order valence-corrected chi connectivity index (χ0v) is 18.1. The Morgan fingerprint density at radius 3 is 2.45 bits per heavy atom. The summed E-state index contributed by atoms with van der Waals surface area (Å²) in [5, 5.41) is 0.797. The summed E-state index contributed by atoms with van der Waals surface area (Å²) < 4.78 is 10.7. The van der Waals surface area contributed by atoms with Crippen LogP contribution in [0.4, 0.5) is 0 Å². The van der Waals surface area contributed by atoms with Crippen LogP contribution in [0, 0.1) is 0 Å². The number of benzene rings is 2. The van der Waals surface area contributed by atoms with E-state index in [2.05, 4.69) is 17.9 Å². The Morgan fingerprint density at radius 2 is 1.79 bits per heavy atom. The molecule has 0 N–H and O–H groups in total. The monoisotopic (exact) mass is 416 g/mol. The molecule has 2 aromatic rings. The maximum absolute atomic E-state index is 12.7. The lowest BCUT2D eigenvalue weighted by atomic mass is 10.1. The first-order valence-electron chi connectivity index (χ1n) is 10.0. The van der Waals surface area contributed by atoms with Crippen molar-refractivity contribution >= 4 is 17.5 Å². The van der Waals surface area contributed by atoms with E-state index in [1.807, 2.05) is 41.3 Å². The summed E-state index contributed by atoms with van der Waals surface area (Å²) in [5.74, 6) is 1.74. The van der Waals surface area contributed by atoms with Crippen LogP contribution in [0.2, 0.25) is 5.02 Å². The summed E-state index contributed by atoms with van der Waals surface area (Å²) in [6.07, 6.45) is 1.10. The average Bonchev–Trinajstić information content (AvgIpc) is 2.77. The van der Waals surface area contributed by atoms with Crippen LogP contribution in [0.1, 0.15) is 30.5 Å². The van der Waals surface area contributed by atoms with Crippen molar-refractivity contribution in [3.8, 4) is 11.5 Å². The van der Waals surface area contributed by atoms with Crippen LogP contribution >= 0.6 is 11.6 Å². The fourth-order valence-corrected chi connectivity index (χ4v) is 4.14. The van der Waals surface area contributed by atoms with Gasteiger partial charge in [0.2, 0.25) is 5.91 Å². The lowest BCUT2D eigenvalue weighted by Crippen LogP contribution is -2.49. The Hall–Kier alpha value is -2.24. The molecule has 1 aliphatic rings. The Morgan fingerprint density at radius 1 is 1.07 bits per heavy atom. The molecule has 0 radical (unpaired) electrons. The normalized spacial score (nSPS) is 15.8. The molecule has 1 aliphatic heterocycles. The van der Waals surface area contributed by atoms with Crippen LogP contribution in [0.15, 0.2) is 42.5 Å². The van der Waals surface area contributed by atoms with E-state index in [9.17, 15) is 4.79 Å². The van der Waals surface area contributed by atoms with Gasteiger partial charge in [0.1, 0.15) is 11.5 Å². The summed E-state index contributed by atoms with van der Waals surface area (Å²) in [6.45, 7) is 5.35. The number of methoxy groups -OCH3 is 2. The maximum Gasteiger partial charge on any atom is 0.222 e. The van der Waals surface area contributed by atoms with Crippen molar-refractivity contribution < 1.29 is 14.3 Å². The van der Waals surface area contributed by atoms with Crippen molar-refractivity contribution in [1.29, 1.82) is 0 Å². The van der Waals surface area contributed by atoms with E-state index >= 15 is 0 Å². The Balaban J connectivity index is 1.53. The molecule has 1 fully saturated rings. The van der Waals surface area contributed by atoms with E-state index in [4.69, 9.17) is 21.1 Å². The molecular weight excluding hydrogens is 388 g/mol. The highest BCUT2D eigenvalue weighted by Crippen LogP contribution is 2.28. The number of halogens is 1. The average molecular weight is 417 g/mol. The van der Waals surface area contributed by atoms with E-state index in [1.165, 1.54) is 0 Å². The van der Waals surface area contributed by atoms with Crippen LogP contribution in [0.5, 0.6) is 11.5 Å². The van der Waals surface area contributed by atoms with Gasteiger partial charge in [0.05, 0.1) is 14.2 Å². The second-order valence-electron chi connectivity index (χ2n) is 7.29. The quantitative estimate of drug-likeness (QED) is 0.678. The number of hydrogen-bond donors (Lipinski definition) is 0. The molecule has 156 valence electrons. The first-order valence-corrected chi connectivity index (χ1v) is 10.4. The van der Waals surface area contributed by atoms with Crippen molar-refractivity contribution in [1.82, 2.24) is 9.80 Å². The molecule has 0 bridgehead atoms. The fraction of sp³-hybridized carbons (Fsp3) is 0.435. The Kier molecular flexibility index (Phi) is 7.40. The van der Waals surface area contributed by atoms with E-state index in [1.54, 1.807) is 14.2 Å². The van der Waals surface area contributed by atoms with Crippen LogP contribution in [-0.4, -0.2) is 56.1 Å². The molecule has 6 heteroatoms. The van der Waals surface area contributed by atoms with Crippen molar-refractivity contribution in [3.63, 3.8) is 0 Å². The topological polar surface area (TPSA) is 42.0 Å². The van der Waals surface area contributed by atoms with Crippen molar-refractivity contribution in [2.45, 2.75) is 25.8 Å². The molecule has 0 aromatic heterocycles. The smallest absolute Gasteiger partial charge is 0.222 e. The first kappa shape index (κ1) is 21.5. The maximum atomic E-state index is 12.7. The molecule has 0 aliphatic carbocycles. The summed E-state index contributed by atoms with van der Waals surface area (Å²) in [5.41, 5.74) is 2.13. The second-order valence-corrected chi connectivity index (χ2v) is 7.70. The van der Waals surface area contributed by atoms with Crippen LogP contribution in [-0.2, 0) is 11.2 Å². The fourth-order valence-electron chi connectivity index (χ4n) is 3.85. The van der Waals surface area contributed by atoms with Gasteiger partial charge in [-0.25, -0.2) is 0 Å². The van der Waals surface area contributed by atoms with Crippen LogP contribution in [0.3, 0.4) is 0 Å². The Bertz CT molecular complexity index is 835. The van der Waals surface area contributed by atoms with E-state index < -0.39 is 0 Å². The summed E-state index contributed by atoms with van der Waals surface area (Å²) in [7, 11) is 3.28. The highest BCUT2D eigenvalue weighted by molar-refractivity contribution is 6.31. The molecule has 1 atom stereocenters. The minimum atomic E-state index is 0.180. The first-order chi connectivity index (χ1) is 14.0. The largest absolute Gasteiger partial charge is 0.497 e. The molecule has 5 nitrogen and oxygen atoms in total. The van der Waals surface area contributed by atoms with Gasteiger partial charge in [0.25, 0.3) is 0 Å². The number of rotatable bonds is 7. The van der Waals surface area contributed by atoms with E-state index in [-0.39, 0.29) is 11.9 Å². The summed E-state index contributed by atoms with van der Waals surface area (Å²) in [6, 6.07) is 13.9. The number of nitrogens with zero attached hydrogens (tertiary/aromatic N) is 2. The lowest BCUT2D eigenvalue weighted by molar-refractivity contribution is -0.133. The number of piperazine rings is 1. The molecule has 1 heterocycles. The molecule has 3 rings (SSSR count). The third-order valence-corrected chi connectivity index (χ3v) is 6.01. The van der Waals surface area contributed by atoms with E-state index in [0.717, 1.165) is 53.8 Å².